The summed E-state index contributed by atoms with van der Waals surface area (Å²) in [4.78, 5) is 0. The van der Waals surface area contributed by atoms with E-state index in [4.69, 9.17) is 10.2 Å². The number of thioether (sulfide) groups is 1. The number of nitrogens with two attached hydrogens (primary N) is 1. The van der Waals surface area contributed by atoms with Gasteiger partial charge in [0.05, 0.1) is 6.54 Å². The topological polar surface area (TPSA) is 76.5 Å². The predicted molar refractivity (Wildman–Crippen MR) is 67.3 cm³/mol. The van der Waals surface area contributed by atoms with Gasteiger partial charge in [0.2, 0.25) is 5.09 Å². The average molecular weight is 276 g/mol. The quantitative estimate of drug-likeness (QED) is 0.886. The highest BCUT2D eigenvalue weighted by Gasteiger charge is 2.28. The molecule has 2 rings (SSSR count). The van der Waals surface area contributed by atoms with Gasteiger partial charge >= 0.3 is 0 Å². The predicted octanol–water partition coefficient (Wildman–Crippen LogP) is 0.866. The van der Waals surface area contributed by atoms with Gasteiger partial charge in [-0.15, -0.1) is 0 Å². The van der Waals surface area contributed by atoms with Gasteiger partial charge in [0, 0.05) is 18.8 Å². The van der Waals surface area contributed by atoms with Crippen molar-refractivity contribution in [1.82, 2.24) is 4.31 Å². The van der Waals surface area contributed by atoms with Crippen LogP contribution in [-0.4, -0.2) is 37.3 Å². The van der Waals surface area contributed by atoms with Gasteiger partial charge < -0.3 is 10.2 Å². The van der Waals surface area contributed by atoms with Gasteiger partial charge in [0.25, 0.3) is 10.0 Å². The zero-order chi connectivity index (χ0) is 12.3. The lowest BCUT2D eigenvalue weighted by molar-refractivity contribution is 0.377. The summed E-state index contributed by atoms with van der Waals surface area (Å²) in [6, 6.07) is 3.09. The van der Waals surface area contributed by atoms with Crippen molar-refractivity contribution in [1.29, 1.82) is 0 Å². The highest BCUT2D eigenvalue weighted by molar-refractivity contribution is 7.99. The maximum absolute atomic E-state index is 12.3. The Balaban J connectivity index is 2.22. The van der Waals surface area contributed by atoms with Crippen LogP contribution in [0.1, 0.15) is 12.2 Å². The second kappa shape index (κ2) is 5.43. The molecule has 96 valence electrons. The Kier molecular flexibility index (Phi) is 4.13. The summed E-state index contributed by atoms with van der Waals surface area (Å²) in [5, 5.41) is 0.00449. The van der Waals surface area contributed by atoms with Gasteiger partial charge in [-0.05, 0) is 24.3 Å². The summed E-state index contributed by atoms with van der Waals surface area (Å²) in [7, 11) is -3.48. The number of rotatable bonds is 3. The van der Waals surface area contributed by atoms with E-state index in [-0.39, 0.29) is 11.6 Å². The summed E-state index contributed by atoms with van der Waals surface area (Å²) in [6.07, 6.45) is 0.883. The van der Waals surface area contributed by atoms with E-state index in [1.165, 1.54) is 10.4 Å². The fourth-order valence-corrected chi connectivity index (χ4v) is 4.11. The fraction of sp³-hybridized carbons (Fsp3) is 0.600. The summed E-state index contributed by atoms with van der Waals surface area (Å²) >= 11 is 1.78. The van der Waals surface area contributed by atoms with E-state index in [1.807, 2.05) is 0 Å². The normalized spacial score (nSPS) is 19.1. The Labute approximate surface area is 105 Å². The molecule has 1 aliphatic rings. The molecule has 1 saturated heterocycles. The van der Waals surface area contributed by atoms with Crippen molar-refractivity contribution < 1.29 is 12.8 Å². The van der Waals surface area contributed by atoms with Gasteiger partial charge in [-0.1, -0.05) is 0 Å². The lowest BCUT2D eigenvalue weighted by Gasteiger charge is -2.17. The Morgan fingerprint density at radius 3 is 2.88 bits per heavy atom. The number of nitrogens with zero attached hydrogens (tertiary/aromatic N) is 1. The largest absolute Gasteiger partial charge is 0.447 e. The van der Waals surface area contributed by atoms with E-state index >= 15 is 0 Å². The minimum Gasteiger partial charge on any atom is -0.447 e. The third-order valence-electron chi connectivity index (χ3n) is 2.61. The minimum atomic E-state index is -3.48. The van der Waals surface area contributed by atoms with Crippen LogP contribution >= 0.6 is 11.8 Å². The molecule has 0 radical (unpaired) electrons. The second-order valence-corrected chi connectivity index (χ2v) is 6.89. The van der Waals surface area contributed by atoms with Gasteiger partial charge in [-0.3, -0.25) is 0 Å². The first-order valence-corrected chi connectivity index (χ1v) is 8.11. The van der Waals surface area contributed by atoms with Crippen molar-refractivity contribution >= 4 is 21.8 Å². The molecule has 0 unspecified atom stereocenters. The van der Waals surface area contributed by atoms with E-state index in [0.29, 0.717) is 18.8 Å². The number of hydrogen-bond acceptors (Lipinski definition) is 5. The number of hydrogen-bond donors (Lipinski definition) is 1. The zero-order valence-corrected chi connectivity index (χ0v) is 11.1. The van der Waals surface area contributed by atoms with Crippen LogP contribution in [0.5, 0.6) is 0 Å². The van der Waals surface area contributed by atoms with Crippen molar-refractivity contribution in [3.8, 4) is 0 Å². The molecule has 0 spiro atoms. The molecule has 5 nitrogen and oxygen atoms in total. The molecule has 7 heteroatoms. The van der Waals surface area contributed by atoms with Crippen molar-refractivity contribution in [3.63, 3.8) is 0 Å². The Bertz CT molecular complexity index is 462. The van der Waals surface area contributed by atoms with E-state index in [0.717, 1.165) is 17.9 Å². The highest BCUT2D eigenvalue weighted by Crippen LogP contribution is 2.21. The van der Waals surface area contributed by atoms with Crippen LogP contribution in [-0.2, 0) is 16.6 Å². The van der Waals surface area contributed by atoms with Gasteiger partial charge in [-0.2, -0.15) is 16.1 Å². The van der Waals surface area contributed by atoms with Gasteiger partial charge in [0.1, 0.15) is 5.76 Å². The first-order valence-electron chi connectivity index (χ1n) is 5.51. The molecule has 0 bridgehead atoms. The van der Waals surface area contributed by atoms with Crippen LogP contribution in [0.25, 0.3) is 0 Å². The van der Waals surface area contributed by atoms with Crippen LogP contribution < -0.4 is 5.73 Å². The van der Waals surface area contributed by atoms with Crippen LogP contribution in [0.15, 0.2) is 21.6 Å². The summed E-state index contributed by atoms with van der Waals surface area (Å²) in [6.45, 7) is 1.32. The van der Waals surface area contributed by atoms with Gasteiger partial charge in [0.15, 0.2) is 0 Å². The lowest BCUT2D eigenvalue weighted by Crippen LogP contribution is -2.32. The van der Waals surface area contributed by atoms with Crippen LogP contribution in [0, 0.1) is 0 Å². The third kappa shape index (κ3) is 2.85. The van der Waals surface area contributed by atoms with Crippen LogP contribution in [0.3, 0.4) is 0 Å². The monoisotopic (exact) mass is 276 g/mol. The van der Waals surface area contributed by atoms with Crippen molar-refractivity contribution in [3.05, 3.63) is 17.9 Å². The number of furan rings is 1. The summed E-state index contributed by atoms with van der Waals surface area (Å²) in [5.74, 6) is 2.34. The molecule has 1 fully saturated rings. The van der Waals surface area contributed by atoms with Crippen LogP contribution in [0.4, 0.5) is 0 Å². The maximum atomic E-state index is 12.3. The highest BCUT2D eigenvalue weighted by atomic mass is 32.2. The van der Waals surface area contributed by atoms with E-state index < -0.39 is 10.0 Å². The smallest absolute Gasteiger partial charge is 0.276 e. The summed E-state index contributed by atoms with van der Waals surface area (Å²) < 4.78 is 31.2. The molecule has 1 aliphatic heterocycles. The first-order chi connectivity index (χ1) is 8.14. The molecule has 1 aromatic rings. The number of sulfonamides is 1. The Morgan fingerprint density at radius 1 is 1.35 bits per heavy atom. The molecule has 0 aliphatic carbocycles. The lowest BCUT2D eigenvalue weighted by atomic mass is 10.5. The molecule has 17 heavy (non-hydrogen) atoms. The molecular weight excluding hydrogens is 260 g/mol. The molecule has 2 heterocycles. The summed E-state index contributed by atoms with van der Waals surface area (Å²) in [5.41, 5.74) is 5.40. The Morgan fingerprint density at radius 2 is 2.18 bits per heavy atom. The van der Waals surface area contributed by atoms with Crippen molar-refractivity contribution in [2.45, 2.75) is 18.1 Å². The molecule has 1 aromatic heterocycles. The average Bonchev–Trinajstić information content (AvgIpc) is 2.64. The molecule has 0 aromatic carbocycles. The van der Waals surface area contributed by atoms with E-state index in [2.05, 4.69) is 0 Å². The standard InChI is InChI=1S/C10H16N2O3S2/c11-8-9-2-3-10(15-9)17(13,14)12-4-1-6-16-7-5-12/h2-3H,1,4-8,11H2. The second-order valence-electron chi connectivity index (χ2n) is 3.79. The molecule has 0 saturated carbocycles. The Hall–Kier alpha value is -0.500. The van der Waals surface area contributed by atoms with Crippen molar-refractivity contribution in [2.75, 3.05) is 24.6 Å². The third-order valence-corrected chi connectivity index (χ3v) is 5.44. The zero-order valence-electron chi connectivity index (χ0n) is 9.46. The maximum Gasteiger partial charge on any atom is 0.276 e. The van der Waals surface area contributed by atoms with Gasteiger partial charge in [-0.25, -0.2) is 8.42 Å². The van der Waals surface area contributed by atoms with Crippen molar-refractivity contribution in [2.24, 2.45) is 5.73 Å². The molecule has 2 N–H and O–H groups in total. The molecular formula is C10H16N2O3S2. The van der Waals surface area contributed by atoms with Crippen LogP contribution in [0.2, 0.25) is 0 Å². The fourth-order valence-electron chi connectivity index (χ4n) is 1.70. The van der Waals surface area contributed by atoms with E-state index in [9.17, 15) is 8.42 Å². The minimum absolute atomic E-state index is 0.00449. The molecule has 0 amide bonds. The first kappa shape index (κ1) is 12.9. The van der Waals surface area contributed by atoms with E-state index in [1.54, 1.807) is 17.8 Å². The SMILES string of the molecule is NCc1ccc(S(=O)(=O)N2CCCSCC2)o1. The molecule has 0 atom stereocenters.